The first kappa shape index (κ1) is 16.3. The van der Waals surface area contributed by atoms with E-state index in [4.69, 9.17) is 0 Å². The summed E-state index contributed by atoms with van der Waals surface area (Å²) in [6.07, 6.45) is 9.06. The van der Waals surface area contributed by atoms with Gasteiger partial charge in [0.2, 0.25) is 0 Å². The van der Waals surface area contributed by atoms with Gasteiger partial charge in [0.25, 0.3) is 0 Å². The Hall–Kier alpha value is -2.08. The third-order valence-corrected chi connectivity index (χ3v) is 3.86. The molecular formula is C22H26. The first-order valence-corrected chi connectivity index (χ1v) is 8.02. The van der Waals surface area contributed by atoms with E-state index in [2.05, 4.69) is 93.6 Å². The van der Waals surface area contributed by atoms with Gasteiger partial charge in [-0.15, -0.1) is 0 Å². The summed E-state index contributed by atoms with van der Waals surface area (Å²) < 4.78 is 0. The van der Waals surface area contributed by atoms with Gasteiger partial charge in [0.1, 0.15) is 0 Å². The minimum absolute atomic E-state index is 0.209. The molecule has 0 aliphatic heterocycles. The summed E-state index contributed by atoms with van der Waals surface area (Å²) >= 11 is 0. The van der Waals surface area contributed by atoms with Gasteiger partial charge in [-0.05, 0) is 36.3 Å². The largest absolute Gasteiger partial charge is 0.0759 e. The Morgan fingerprint density at radius 2 is 1.50 bits per heavy atom. The number of benzene rings is 2. The molecule has 0 aliphatic rings. The Balaban J connectivity index is 1.95. The van der Waals surface area contributed by atoms with E-state index in [0.29, 0.717) is 0 Å². The fraction of sp³-hybridized carbons (Fsp3) is 0.273. The minimum atomic E-state index is 0.209. The van der Waals surface area contributed by atoms with E-state index in [9.17, 15) is 0 Å². The van der Waals surface area contributed by atoms with Crippen molar-refractivity contribution in [2.45, 2.75) is 33.6 Å². The monoisotopic (exact) mass is 290 g/mol. The summed E-state index contributed by atoms with van der Waals surface area (Å²) in [5, 5.41) is 0. The molecule has 0 nitrogen and oxygen atoms in total. The smallest absolute Gasteiger partial charge is 0.0166 e. The van der Waals surface area contributed by atoms with Crippen LogP contribution in [-0.2, 0) is 6.42 Å². The molecule has 22 heavy (non-hydrogen) atoms. The number of allylic oxidation sites excluding steroid dienone is 3. The van der Waals surface area contributed by atoms with Crippen molar-refractivity contribution < 1.29 is 0 Å². The topological polar surface area (TPSA) is 0 Å². The average molecular weight is 290 g/mol. The van der Waals surface area contributed by atoms with Gasteiger partial charge in [-0.25, -0.2) is 0 Å². The van der Waals surface area contributed by atoms with Crippen molar-refractivity contribution in [3.8, 4) is 0 Å². The first-order chi connectivity index (χ1) is 10.6. The predicted octanol–water partition coefficient (Wildman–Crippen LogP) is 6.31. The highest BCUT2D eigenvalue weighted by Crippen LogP contribution is 2.26. The van der Waals surface area contributed by atoms with E-state index in [0.717, 1.165) is 12.8 Å². The van der Waals surface area contributed by atoms with E-state index in [1.54, 1.807) is 0 Å². The highest BCUT2D eigenvalue weighted by atomic mass is 14.2. The van der Waals surface area contributed by atoms with E-state index in [-0.39, 0.29) is 5.41 Å². The normalized spacial score (nSPS) is 12.8. The molecule has 0 atom stereocenters. The van der Waals surface area contributed by atoms with Crippen molar-refractivity contribution in [3.05, 3.63) is 89.5 Å². The molecule has 0 unspecified atom stereocenters. The van der Waals surface area contributed by atoms with Crippen molar-refractivity contribution in [3.63, 3.8) is 0 Å². The SMILES string of the molecule is CC(/C=C/c1ccccc1)=C\C(C)(C)CCc1ccccc1. The lowest BCUT2D eigenvalue weighted by molar-refractivity contribution is 0.436. The van der Waals surface area contributed by atoms with Crippen LogP contribution in [0.25, 0.3) is 6.08 Å². The molecule has 0 amide bonds. The van der Waals surface area contributed by atoms with E-state index in [1.165, 1.54) is 16.7 Å². The van der Waals surface area contributed by atoms with Gasteiger partial charge in [0.05, 0.1) is 0 Å². The molecule has 0 N–H and O–H groups in total. The Morgan fingerprint density at radius 3 is 2.14 bits per heavy atom. The predicted molar refractivity (Wildman–Crippen MR) is 97.8 cm³/mol. The van der Waals surface area contributed by atoms with Crippen LogP contribution in [0, 0.1) is 5.41 Å². The molecule has 114 valence electrons. The maximum Gasteiger partial charge on any atom is -0.0166 e. The summed E-state index contributed by atoms with van der Waals surface area (Å²) in [5.74, 6) is 0. The van der Waals surface area contributed by atoms with Gasteiger partial charge in [-0.3, -0.25) is 0 Å². The van der Waals surface area contributed by atoms with Crippen LogP contribution in [0.4, 0.5) is 0 Å². The van der Waals surface area contributed by atoms with Crippen molar-refractivity contribution in [2.24, 2.45) is 5.41 Å². The maximum absolute atomic E-state index is 2.38. The van der Waals surface area contributed by atoms with Crippen LogP contribution in [0.15, 0.2) is 78.4 Å². The van der Waals surface area contributed by atoms with Crippen LogP contribution in [0.3, 0.4) is 0 Å². The zero-order valence-corrected chi connectivity index (χ0v) is 13.9. The van der Waals surface area contributed by atoms with Crippen LogP contribution in [0.1, 0.15) is 38.3 Å². The van der Waals surface area contributed by atoms with Gasteiger partial charge in [0, 0.05) is 0 Å². The third kappa shape index (κ3) is 5.73. The van der Waals surface area contributed by atoms with Crippen molar-refractivity contribution in [1.82, 2.24) is 0 Å². The van der Waals surface area contributed by atoms with Gasteiger partial charge < -0.3 is 0 Å². The lowest BCUT2D eigenvalue weighted by Gasteiger charge is -2.21. The molecule has 0 fully saturated rings. The Labute approximate surface area is 135 Å². The van der Waals surface area contributed by atoms with Crippen LogP contribution in [0.5, 0.6) is 0 Å². The number of hydrogen-bond acceptors (Lipinski definition) is 0. The van der Waals surface area contributed by atoms with Gasteiger partial charge in [0.15, 0.2) is 0 Å². The van der Waals surface area contributed by atoms with Crippen LogP contribution in [-0.4, -0.2) is 0 Å². The second-order valence-corrected chi connectivity index (χ2v) is 6.61. The Bertz CT molecular complexity index is 616. The highest BCUT2D eigenvalue weighted by molar-refractivity contribution is 5.52. The van der Waals surface area contributed by atoms with Gasteiger partial charge in [-0.2, -0.15) is 0 Å². The maximum atomic E-state index is 2.38. The van der Waals surface area contributed by atoms with Gasteiger partial charge >= 0.3 is 0 Å². The zero-order valence-electron chi connectivity index (χ0n) is 13.9. The number of hydrogen-bond donors (Lipinski definition) is 0. The summed E-state index contributed by atoms with van der Waals surface area (Å²) in [6, 6.07) is 21.2. The Morgan fingerprint density at radius 1 is 0.909 bits per heavy atom. The third-order valence-electron chi connectivity index (χ3n) is 3.86. The molecule has 0 bridgehead atoms. The summed E-state index contributed by atoms with van der Waals surface area (Å²) in [5.41, 5.74) is 4.20. The quantitative estimate of drug-likeness (QED) is 0.547. The van der Waals surface area contributed by atoms with Crippen LogP contribution in [0.2, 0.25) is 0 Å². The molecule has 2 aromatic carbocycles. The fourth-order valence-corrected chi connectivity index (χ4v) is 2.64. The molecule has 0 heterocycles. The minimum Gasteiger partial charge on any atom is -0.0759 e. The molecular weight excluding hydrogens is 264 g/mol. The molecule has 2 aromatic rings. The summed E-state index contributed by atoms with van der Waals surface area (Å²) in [7, 11) is 0. The van der Waals surface area contributed by atoms with Crippen molar-refractivity contribution >= 4 is 6.08 Å². The molecule has 0 saturated heterocycles. The van der Waals surface area contributed by atoms with Crippen LogP contribution >= 0.6 is 0 Å². The fourth-order valence-electron chi connectivity index (χ4n) is 2.64. The molecule has 0 radical (unpaired) electrons. The molecule has 0 saturated carbocycles. The second kappa shape index (κ2) is 7.79. The Kier molecular flexibility index (Phi) is 5.77. The molecule has 0 aromatic heterocycles. The van der Waals surface area contributed by atoms with Crippen LogP contribution < -0.4 is 0 Å². The lowest BCUT2D eigenvalue weighted by Crippen LogP contribution is -2.09. The molecule has 0 aliphatic carbocycles. The van der Waals surface area contributed by atoms with Gasteiger partial charge in [-0.1, -0.05) is 98.3 Å². The standard InChI is InChI=1S/C22H26/c1-19(14-15-20-10-6-4-7-11-20)18-22(2,3)17-16-21-12-8-5-9-13-21/h4-15,18H,16-17H2,1-3H3/b15-14+,19-18+. The van der Waals surface area contributed by atoms with Crippen molar-refractivity contribution in [1.29, 1.82) is 0 Å². The summed E-state index contributed by atoms with van der Waals surface area (Å²) in [6.45, 7) is 6.81. The lowest BCUT2D eigenvalue weighted by atomic mass is 9.84. The van der Waals surface area contributed by atoms with E-state index < -0.39 is 0 Å². The molecule has 2 rings (SSSR count). The first-order valence-electron chi connectivity index (χ1n) is 8.02. The number of aryl methyl sites for hydroxylation is 1. The van der Waals surface area contributed by atoms with E-state index in [1.807, 2.05) is 6.07 Å². The summed E-state index contributed by atoms with van der Waals surface area (Å²) in [4.78, 5) is 0. The van der Waals surface area contributed by atoms with E-state index >= 15 is 0 Å². The molecule has 0 spiro atoms. The number of rotatable bonds is 6. The average Bonchev–Trinajstić information content (AvgIpc) is 2.53. The van der Waals surface area contributed by atoms with Crippen molar-refractivity contribution in [2.75, 3.05) is 0 Å². The second-order valence-electron chi connectivity index (χ2n) is 6.61. The molecule has 0 heteroatoms. The highest BCUT2D eigenvalue weighted by Gasteiger charge is 2.14. The zero-order chi connectivity index (χ0) is 15.8.